The van der Waals surface area contributed by atoms with Gasteiger partial charge in [0.05, 0.1) is 0 Å². The van der Waals surface area contributed by atoms with Gasteiger partial charge in [0.25, 0.3) is 0 Å². The quantitative estimate of drug-likeness (QED) is 0.441. The highest BCUT2D eigenvalue weighted by Crippen LogP contribution is 2.01. The highest BCUT2D eigenvalue weighted by atomic mass is 15.1. The number of allylic oxidation sites excluding steroid dienone is 2. The van der Waals surface area contributed by atoms with Gasteiger partial charge in [-0.25, -0.2) is 0 Å². The van der Waals surface area contributed by atoms with Crippen LogP contribution < -0.4 is 0 Å². The zero-order valence-electron chi connectivity index (χ0n) is 10.4. The van der Waals surface area contributed by atoms with Gasteiger partial charge >= 0.3 is 0 Å². The number of hydrogen-bond donors (Lipinski definition) is 0. The smallest absolute Gasteiger partial charge is 0.0400 e. The first-order chi connectivity index (χ1) is 7.24. The predicted octanol–water partition coefficient (Wildman–Crippen LogP) is 3.27. The van der Waals surface area contributed by atoms with Gasteiger partial charge in [0.1, 0.15) is 0 Å². The molecule has 2 nitrogen and oxygen atoms in total. The van der Waals surface area contributed by atoms with Crippen LogP contribution in [0.3, 0.4) is 0 Å². The molecule has 0 unspecified atom stereocenters. The minimum absolute atomic E-state index is 1.05. The van der Waals surface area contributed by atoms with E-state index in [9.17, 15) is 0 Å². The number of unbranched alkanes of at least 4 members (excludes halogenated alkanes) is 1. The largest absolute Gasteiger partial charge is 0.307 e. The van der Waals surface area contributed by atoms with Gasteiger partial charge in [-0.2, -0.15) is 0 Å². The third-order valence-electron chi connectivity index (χ3n) is 2.38. The fraction of sp³-hybridized carbons (Fsp3) is 0.615. The molecular formula is C13H24N2. The Labute approximate surface area is 94.4 Å². The van der Waals surface area contributed by atoms with Crippen molar-refractivity contribution in [2.24, 2.45) is 4.99 Å². The van der Waals surface area contributed by atoms with E-state index >= 15 is 0 Å². The van der Waals surface area contributed by atoms with Gasteiger partial charge < -0.3 is 4.90 Å². The number of hydrogen-bond acceptors (Lipinski definition) is 2. The zero-order chi connectivity index (χ0) is 11.5. The average Bonchev–Trinajstić information content (AvgIpc) is 2.24. The van der Waals surface area contributed by atoms with Crippen molar-refractivity contribution in [2.45, 2.75) is 33.1 Å². The summed E-state index contributed by atoms with van der Waals surface area (Å²) in [5.41, 5.74) is 1.13. The Balaban J connectivity index is 3.72. The molecule has 0 radical (unpaired) electrons. The summed E-state index contributed by atoms with van der Waals surface area (Å²) in [6, 6.07) is 0. The van der Waals surface area contributed by atoms with E-state index in [1.807, 2.05) is 13.0 Å². The van der Waals surface area contributed by atoms with Crippen molar-refractivity contribution in [1.29, 1.82) is 0 Å². The first kappa shape index (κ1) is 14.1. The lowest BCUT2D eigenvalue weighted by Crippen LogP contribution is -2.18. The molecule has 2 heteroatoms. The van der Waals surface area contributed by atoms with Gasteiger partial charge in [0, 0.05) is 11.9 Å². The van der Waals surface area contributed by atoms with E-state index in [0.29, 0.717) is 0 Å². The third-order valence-corrected chi connectivity index (χ3v) is 2.38. The Hall–Kier alpha value is -0.890. The van der Waals surface area contributed by atoms with Crippen molar-refractivity contribution < 1.29 is 0 Å². The van der Waals surface area contributed by atoms with Crippen LogP contribution in [0.2, 0.25) is 0 Å². The molecule has 86 valence electrons. The summed E-state index contributed by atoms with van der Waals surface area (Å²) in [4.78, 5) is 6.56. The lowest BCUT2D eigenvalue weighted by atomic mass is 10.1. The molecule has 0 aromatic carbocycles. The SMILES string of the molecule is C=CN=C(/C=C\C)CCCCN(C)CC. The number of aliphatic imine (C=N–C) groups is 1. The van der Waals surface area contributed by atoms with Crippen LogP contribution in [0.4, 0.5) is 0 Å². The second-order valence-electron chi connectivity index (χ2n) is 3.66. The van der Waals surface area contributed by atoms with E-state index in [4.69, 9.17) is 0 Å². The summed E-state index contributed by atoms with van der Waals surface area (Å²) in [6.45, 7) is 10.1. The van der Waals surface area contributed by atoms with Crippen LogP contribution in [0.15, 0.2) is 29.9 Å². The first-order valence-corrected chi connectivity index (χ1v) is 5.73. The van der Waals surface area contributed by atoms with E-state index in [1.54, 1.807) is 6.20 Å². The highest BCUT2D eigenvalue weighted by molar-refractivity contribution is 5.95. The van der Waals surface area contributed by atoms with E-state index in [2.05, 4.69) is 36.5 Å². The van der Waals surface area contributed by atoms with Crippen molar-refractivity contribution in [3.8, 4) is 0 Å². The van der Waals surface area contributed by atoms with Crippen molar-refractivity contribution >= 4 is 5.71 Å². The van der Waals surface area contributed by atoms with Crippen LogP contribution in [0, 0.1) is 0 Å². The standard InChI is InChI=1S/C13H24N2/c1-5-10-13(14-6-2)11-8-9-12-15(4)7-3/h5-6,10H,2,7-9,11-12H2,1,3-4H3/b10-5-,14-13?. The molecule has 15 heavy (non-hydrogen) atoms. The predicted molar refractivity (Wildman–Crippen MR) is 69.5 cm³/mol. The molecule has 0 aromatic rings. The van der Waals surface area contributed by atoms with Crippen LogP contribution in [-0.4, -0.2) is 30.7 Å². The molecular weight excluding hydrogens is 184 g/mol. The van der Waals surface area contributed by atoms with E-state index in [-0.39, 0.29) is 0 Å². The van der Waals surface area contributed by atoms with Crippen LogP contribution in [0.5, 0.6) is 0 Å². The maximum absolute atomic E-state index is 4.23. The molecule has 0 N–H and O–H groups in total. The average molecular weight is 208 g/mol. The second-order valence-corrected chi connectivity index (χ2v) is 3.66. The summed E-state index contributed by atoms with van der Waals surface area (Å²) >= 11 is 0. The fourth-order valence-corrected chi connectivity index (χ4v) is 1.35. The van der Waals surface area contributed by atoms with Crippen molar-refractivity contribution in [1.82, 2.24) is 4.90 Å². The van der Waals surface area contributed by atoms with Crippen LogP contribution in [-0.2, 0) is 0 Å². The maximum atomic E-state index is 4.23. The Kier molecular flexibility index (Phi) is 9.08. The number of nitrogens with zero attached hydrogens (tertiary/aromatic N) is 2. The third kappa shape index (κ3) is 8.13. The fourth-order valence-electron chi connectivity index (χ4n) is 1.35. The Morgan fingerprint density at radius 2 is 2.13 bits per heavy atom. The van der Waals surface area contributed by atoms with Crippen molar-refractivity contribution in [3.05, 3.63) is 24.9 Å². The normalized spacial score (nSPS) is 12.7. The second kappa shape index (κ2) is 9.66. The van der Waals surface area contributed by atoms with Crippen LogP contribution in [0.1, 0.15) is 33.1 Å². The lowest BCUT2D eigenvalue weighted by molar-refractivity contribution is 0.344. The first-order valence-electron chi connectivity index (χ1n) is 5.73. The molecule has 0 saturated carbocycles. The molecule has 0 aliphatic carbocycles. The summed E-state index contributed by atoms with van der Waals surface area (Å²) in [5, 5.41) is 0. The van der Waals surface area contributed by atoms with Gasteiger partial charge in [-0.1, -0.05) is 19.6 Å². The van der Waals surface area contributed by atoms with E-state index in [1.165, 1.54) is 19.4 Å². The summed E-state index contributed by atoms with van der Waals surface area (Å²) in [5.74, 6) is 0. The topological polar surface area (TPSA) is 15.6 Å². The molecule has 0 atom stereocenters. The van der Waals surface area contributed by atoms with Gasteiger partial charge in [-0.05, 0) is 52.4 Å². The summed E-state index contributed by atoms with van der Waals surface area (Å²) < 4.78 is 0. The van der Waals surface area contributed by atoms with Crippen LogP contribution >= 0.6 is 0 Å². The molecule has 0 fully saturated rings. The molecule has 0 bridgehead atoms. The molecule has 0 heterocycles. The van der Waals surface area contributed by atoms with Crippen molar-refractivity contribution in [3.63, 3.8) is 0 Å². The minimum atomic E-state index is 1.05. The maximum Gasteiger partial charge on any atom is 0.0400 e. The lowest BCUT2D eigenvalue weighted by Gasteiger charge is -2.12. The highest BCUT2D eigenvalue weighted by Gasteiger charge is 1.96. The Morgan fingerprint density at radius 3 is 2.67 bits per heavy atom. The molecule has 0 saturated heterocycles. The van der Waals surface area contributed by atoms with E-state index < -0.39 is 0 Å². The summed E-state index contributed by atoms with van der Waals surface area (Å²) in [7, 11) is 2.16. The molecule has 0 spiro atoms. The van der Waals surface area contributed by atoms with Gasteiger partial charge in [-0.3, -0.25) is 4.99 Å². The molecule has 0 aliphatic heterocycles. The Bertz CT molecular complexity index is 217. The van der Waals surface area contributed by atoms with E-state index in [0.717, 1.165) is 18.7 Å². The zero-order valence-corrected chi connectivity index (χ0v) is 10.4. The molecule has 0 amide bonds. The number of rotatable bonds is 8. The van der Waals surface area contributed by atoms with Crippen molar-refractivity contribution in [2.75, 3.05) is 20.1 Å². The monoisotopic (exact) mass is 208 g/mol. The minimum Gasteiger partial charge on any atom is -0.307 e. The molecule has 0 aromatic heterocycles. The van der Waals surface area contributed by atoms with Gasteiger partial charge in [0.2, 0.25) is 0 Å². The molecule has 0 aliphatic rings. The van der Waals surface area contributed by atoms with Crippen LogP contribution in [0.25, 0.3) is 0 Å². The van der Waals surface area contributed by atoms with Gasteiger partial charge in [0.15, 0.2) is 0 Å². The Morgan fingerprint density at radius 1 is 1.40 bits per heavy atom. The summed E-state index contributed by atoms with van der Waals surface area (Å²) in [6.07, 6.45) is 9.19. The molecule has 0 rings (SSSR count). The van der Waals surface area contributed by atoms with Gasteiger partial charge in [-0.15, -0.1) is 0 Å².